The van der Waals surface area contributed by atoms with Crippen LogP contribution in [-0.4, -0.2) is 0 Å². The van der Waals surface area contributed by atoms with Gasteiger partial charge in [0.1, 0.15) is 0 Å². The van der Waals surface area contributed by atoms with E-state index < -0.39 is 0 Å². The molecule has 0 atom stereocenters. The van der Waals surface area contributed by atoms with Crippen LogP contribution in [0.4, 0.5) is 0 Å². The summed E-state index contributed by atoms with van der Waals surface area (Å²) >= 11 is 0. The molecule has 0 unspecified atom stereocenters. The quantitative estimate of drug-likeness (QED) is 0.365. The van der Waals surface area contributed by atoms with Gasteiger partial charge in [0.25, 0.3) is 0 Å². The Balaban J connectivity index is 2.32. The van der Waals surface area contributed by atoms with Gasteiger partial charge in [-0.3, -0.25) is 9.59 Å². The molecule has 0 spiro atoms. The summed E-state index contributed by atoms with van der Waals surface area (Å²) in [6.45, 7) is 4.32. The third kappa shape index (κ3) is 7.18. The van der Waals surface area contributed by atoms with Crippen molar-refractivity contribution in [1.29, 1.82) is 0 Å². The van der Waals surface area contributed by atoms with Crippen molar-refractivity contribution in [1.82, 2.24) is 0 Å². The van der Waals surface area contributed by atoms with E-state index in [1.807, 2.05) is 0 Å². The van der Waals surface area contributed by atoms with Crippen LogP contribution in [-0.2, 0) is 12.8 Å². The summed E-state index contributed by atoms with van der Waals surface area (Å²) in [5.74, 6) is 12.6. The maximum absolute atomic E-state index is 11.7. The Hall–Kier alpha value is -1.80. The topological polar surface area (TPSA) is 34.1 Å². The fraction of sp³-hybridized carbons (Fsp3) is 0.636. The number of rotatable bonds is 10. The molecule has 0 saturated heterocycles. The lowest BCUT2D eigenvalue weighted by atomic mass is 9.92. The summed E-state index contributed by atoms with van der Waals surface area (Å²) in [6, 6.07) is 0. The Bertz CT molecular complexity index is 607. The Labute approximate surface area is 146 Å². The standard InChI is InChI=1S/C22H30O2/c1-3-5-7-9-11-13-15-17-19-20(22(24)21(19)23)18-16-14-12-10-8-6-4-2/h3-8,13-18H2,1-2H3. The predicted molar refractivity (Wildman–Crippen MR) is 102 cm³/mol. The molecule has 1 aromatic carbocycles. The minimum atomic E-state index is -0.266. The number of hydrogen-bond acceptors (Lipinski definition) is 2. The molecule has 0 amide bonds. The first-order valence-corrected chi connectivity index (χ1v) is 9.44. The summed E-state index contributed by atoms with van der Waals surface area (Å²) in [6.07, 6.45) is 11.3. The zero-order valence-electron chi connectivity index (χ0n) is 15.3. The normalized spacial score (nSPS) is 10.1. The minimum absolute atomic E-state index is 0.266. The number of unbranched alkanes of at least 4 members (excludes halogenated alkanes) is 6. The molecule has 0 bridgehead atoms. The highest BCUT2D eigenvalue weighted by Gasteiger charge is 2.18. The highest BCUT2D eigenvalue weighted by Crippen LogP contribution is 2.09. The highest BCUT2D eigenvalue weighted by atomic mass is 16.2. The van der Waals surface area contributed by atoms with Crippen molar-refractivity contribution >= 4 is 0 Å². The van der Waals surface area contributed by atoms with Crippen molar-refractivity contribution < 1.29 is 0 Å². The van der Waals surface area contributed by atoms with E-state index in [9.17, 15) is 9.59 Å². The zero-order chi connectivity index (χ0) is 17.6. The lowest BCUT2D eigenvalue weighted by Crippen LogP contribution is -2.39. The van der Waals surface area contributed by atoms with E-state index in [0.29, 0.717) is 12.8 Å². The van der Waals surface area contributed by atoms with E-state index in [-0.39, 0.29) is 10.9 Å². The summed E-state index contributed by atoms with van der Waals surface area (Å²) in [4.78, 5) is 23.4. The second-order valence-electron chi connectivity index (χ2n) is 6.24. The van der Waals surface area contributed by atoms with Gasteiger partial charge in [0, 0.05) is 36.8 Å². The molecule has 1 rings (SSSR count). The van der Waals surface area contributed by atoms with Gasteiger partial charge in [-0.25, -0.2) is 0 Å². The van der Waals surface area contributed by atoms with Gasteiger partial charge in [0.05, 0.1) is 0 Å². The van der Waals surface area contributed by atoms with E-state index in [4.69, 9.17) is 0 Å². The van der Waals surface area contributed by atoms with Crippen LogP contribution >= 0.6 is 0 Å². The highest BCUT2D eigenvalue weighted by molar-refractivity contribution is 5.33. The smallest absolute Gasteiger partial charge is 0.229 e. The molecule has 2 nitrogen and oxygen atoms in total. The average Bonchev–Trinajstić information content (AvgIpc) is 2.60. The van der Waals surface area contributed by atoms with Gasteiger partial charge in [-0.15, -0.1) is 23.7 Å². The Morgan fingerprint density at radius 2 is 0.917 bits per heavy atom. The maximum atomic E-state index is 11.7. The molecular weight excluding hydrogens is 296 g/mol. The van der Waals surface area contributed by atoms with Gasteiger partial charge < -0.3 is 0 Å². The van der Waals surface area contributed by atoms with Crippen LogP contribution in [0.2, 0.25) is 0 Å². The van der Waals surface area contributed by atoms with E-state index in [1.54, 1.807) is 0 Å². The molecule has 0 aliphatic rings. The van der Waals surface area contributed by atoms with Gasteiger partial charge >= 0.3 is 0 Å². The molecule has 130 valence electrons. The molecule has 0 fully saturated rings. The molecule has 0 aliphatic carbocycles. The Morgan fingerprint density at radius 3 is 1.25 bits per heavy atom. The summed E-state index contributed by atoms with van der Waals surface area (Å²) in [7, 11) is 0. The van der Waals surface area contributed by atoms with E-state index >= 15 is 0 Å². The van der Waals surface area contributed by atoms with Gasteiger partial charge in [-0.1, -0.05) is 26.7 Å². The first kappa shape index (κ1) is 20.2. The zero-order valence-corrected chi connectivity index (χ0v) is 15.3. The van der Waals surface area contributed by atoms with Crippen LogP contribution in [0.15, 0.2) is 9.59 Å². The van der Waals surface area contributed by atoms with Crippen LogP contribution in [0.5, 0.6) is 0 Å². The lowest BCUT2D eigenvalue weighted by molar-refractivity contribution is 0.779. The molecule has 0 aromatic heterocycles. The third-order valence-electron chi connectivity index (χ3n) is 4.14. The Kier molecular flexibility index (Phi) is 10.6. The molecule has 0 N–H and O–H groups in total. The van der Waals surface area contributed by atoms with E-state index in [1.165, 1.54) is 12.8 Å². The Morgan fingerprint density at radius 1 is 0.583 bits per heavy atom. The molecule has 2 heteroatoms. The molecule has 24 heavy (non-hydrogen) atoms. The number of hydrogen-bond donors (Lipinski definition) is 0. The van der Waals surface area contributed by atoms with E-state index in [0.717, 1.165) is 62.5 Å². The summed E-state index contributed by atoms with van der Waals surface area (Å²) in [5.41, 5.74) is 0.986. The van der Waals surface area contributed by atoms with Crippen molar-refractivity contribution in [2.45, 2.75) is 90.9 Å². The largest absolute Gasteiger partial charge is 0.285 e. The van der Waals surface area contributed by atoms with E-state index in [2.05, 4.69) is 37.5 Å². The summed E-state index contributed by atoms with van der Waals surface area (Å²) in [5, 5.41) is 0. The van der Waals surface area contributed by atoms with Crippen molar-refractivity contribution in [2.24, 2.45) is 0 Å². The van der Waals surface area contributed by atoms with Crippen molar-refractivity contribution in [3.05, 3.63) is 31.6 Å². The molecule has 0 heterocycles. The monoisotopic (exact) mass is 326 g/mol. The van der Waals surface area contributed by atoms with Gasteiger partial charge in [-0.05, 0) is 38.5 Å². The van der Waals surface area contributed by atoms with Crippen LogP contribution in [0.25, 0.3) is 0 Å². The van der Waals surface area contributed by atoms with Crippen molar-refractivity contribution in [3.63, 3.8) is 0 Å². The maximum Gasteiger partial charge on any atom is 0.229 e. The first-order chi connectivity index (χ1) is 11.7. The fourth-order valence-electron chi connectivity index (χ4n) is 2.61. The van der Waals surface area contributed by atoms with Crippen LogP contribution < -0.4 is 10.9 Å². The summed E-state index contributed by atoms with van der Waals surface area (Å²) < 4.78 is 0. The lowest BCUT2D eigenvalue weighted by Gasteiger charge is -2.09. The second kappa shape index (κ2) is 12.6. The van der Waals surface area contributed by atoms with Crippen LogP contribution in [0.1, 0.15) is 89.2 Å². The average molecular weight is 326 g/mol. The van der Waals surface area contributed by atoms with Crippen molar-refractivity contribution in [2.75, 3.05) is 0 Å². The molecule has 0 aliphatic heterocycles. The van der Waals surface area contributed by atoms with Crippen LogP contribution in [0, 0.1) is 23.7 Å². The fourth-order valence-corrected chi connectivity index (χ4v) is 2.61. The van der Waals surface area contributed by atoms with Crippen molar-refractivity contribution in [3.8, 4) is 23.7 Å². The predicted octanol–water partition coefficient (Wildman–Crippen LogP) is 4.32. The molecule has 1 aromatic rings. The molecular formula is C22H30O2. The molecule has 0 saturated carbocycles. The van der Waals surface area contributed by atoms with Gasteiger partial charge in [0.15, 0.2) is 0 Å². The third-order valence-corrected chi connectivity index (χ3v) is 4.14. The van der Waals surface area contributed by atoms with Gasteiger partial charge in [-0.2, -0.15) is 0 Å². The van der Waals surface area contributed by atoms with Crippen LogP contribution in [0.3, 0.4) is 0 Å². The second-order valence-corrected chi connectivity index (χ2v) is 6.24. The SMILES string of the molecule is CCCCC#CCCCc1c(CCCC#CCCCC)c(=O)c1=O. The first-order valence-electron chi connectivity index (χ1n) is 9.44. The van der Waals surface area contributed by atoms with Gasteiger partial charge in [0.2, 0.25) is 10.9 Å². The molecule has 0 radical (unpaired) electrons. The minimum Gasteiger partial charge on any atom is -0.285 e.